The van der Waals surface area contributed by atoms with Gasteiger partial charge in [-0.25, -0.2) is 8.42 Å². The number of hydrogen-bond donors (Lipinski definition) is 1. The summed E-state index contributed by atoms with van der Waals surface area (Å²) < 4.78 is 24.3. The third kappa shape index (κ3) is 0.992. The van der Waals surface area contributed by atoms with Gasteiger partial charge < -0.3 is 5.32 Å². The SMILES string of the molecule is CCN1C2(CNC2)C(=O)CS1(=O)=O. The molecular formula is C7H12N2O3S. The van der Waals surface area contributed by atoms with E-state index in [2.05, 4.69) is 5.32 Å². The number of rotatable bonds is 1. The highest BCUT2D eigenvalue weighted by Crippen LogP contribution is 2.31. The van der Waals surface area contributed by atoms with Gasteiger partial charge in [0.05, 0.1) is 0 Å². The fourth-order valence-corrected chi connectivity index (χ4v) is 3.93. The molecule has 1 N–H and O–H groups in total. The van der Waals surface area contributed by atoms with E-state index in [0.717, 1.165) is 0 Å². The summed E-state index contributed by atoms with van der Waals surface area (Å²) in [7, 11) is -3.31. The van der Waals surface area contributed by atoms with Crippen LogP contribution in [0.25, 0.3) is 0 Å². The molecule has 0 aromatic rings. The van der Waals surface area contributed by atoms with E-state index in [4.69, 9.17) is 0 Å². The molecule has 0 bridgehead atoms. The molecule has 2 rings (SSSR count). The molecule has 0 unspecified atom stereocenters. The molecule has 5 nitrogen and oxygen atoms in total. The average Bonchev–Trinajstić information content (AvgIpc) is 2.13. The Balaban J connectivity index is 2.43. The molecule has 0 aliphatic carbocycles. The first-order valence-corrected chi connectivity index (χ1v) is 5.88. The second-order valence-corrected chi connectivity index (χ2v) is 5.37. The zero-order valence-electron chi connectivity index (χ0n) is 7.41. The Morgan fingerprint density at radius 3 is 2.46 bits per heavy atom. The minimum atomic E-state index is -3.31. The van der Waals surface area contributed by atoms with Gasteiger partial charge in [0, 0.05) is 19.6 Å². The quantitative estimate of drug-likeness (QED) is 0.568. The standard InChI is InChI=1S/C7H12N2O3S/c1-2-9-7(4-8-5-7)6(10)3-13(9,11)12/h8H,2-5H2,1H3. The highest BCUT2D eigenvalue weighted by Gasteiger charge is 2.59. The number of Topliss-reactive ketones (excluding diaryl/α,β-unsaturated/α-hetero) is 1. The highest BCUT2D eigenvalue weighted by atomic mass is 32.2. The second kappa shape index (κ2) is 2.52. The Labute approximate surface area is 77.1 Å². The molecule has 74 valence electrons. The van der Waals surface area contributed by atoms with Crippen molar-refractivity contribution >= 4 is 15.8 Å². The zero-order chi connectivity index (χ0) is 9.69. The Morgan fingerprint density at radius 1 is 1.54 bits per heavy atom. The summed E-state index contributed by atoms with van der Waals surface area (Å²) in [6.45, 7) is 3.09. The summed E-state index contributed by atoms with van der Waals surface area (Å²) in [6.07, 6.45) is 0. The van der Waals surface area contributed by atoms with Crippen LogP contribution in [-0.2, 0) is 14.8 Å². The molecule has 13 heavy (non-hydrogen) atoms. The Hall–Kier alpha value is -0.460. The van der Waals surface area contributed by atoms with Crippen LogP contribution in [0.1, 0.15) is 6.92 Å². The molecule has 0 radical (unpaired) electrons. The lowest BCUT2D eigenvalue weighted by Crippen LogP contribution is -2.69. The monoisotopic (exact) mass is 204 g/mol. The van der Waals surface area contributed by atoms with Crippen LogP contribution in [0.15, 0.2) is 0 Å². The number of carbonyl (C=O) groups is 1. The van der Waals surface area contributed by atoms with Crippen LogP contribution >= 0.6 is 0 Å². The summed E-state index contributed by atoms with van der Waals surface area (Å²) >= 11 is 0. The molecule has 2 aliphatic heterocycles. The van der Waals surface area contributed by atoms with Gasteiger partial charge in [-0.05, 0) is 0 Å². The van der Waals surface area contributed by atoms with Crippen LogP contribution in [0.5, 0.6) is 0 Å². The molecule has 0 aromatic carbocycles. The Morgan fingerprint density at radius 2 is 2.15 bits per heavy atom. The first-order chi connectivity index (χ1) is 6.03. The van der Waals surface area contributed by atoms with Gasteiger partial charge in [0.25, 0.3) is 0 Å². The van der Waals surface area contributed by atoms with E-state index in [-0.39, 0.29) is 11.5 Å². The summed E-state index contributed by atoms with van der Waals surface area (Å²) in [4.78, 5) is 11.5. The van der Waals surface area contributed by atoms with Gasteiger partial charge in [0.15, 0.2) is 5.78 Å². The van der Waals surface area contributed by atoms with Crippen LogP contribution in [0.2, 0.25) is 0 Å². The number of nitrogens with zero attached hydrogens (tertiary/aromatic N) is 1. The van der Waals surface area contributed by atoms with Crippen LogP contribution in [0.4, 0.5) is 0 Å². The van der Waals surface area contributed by atoms with Crippen molar-refractivity contribution in [2.45, 2.75) is 12.5 Å². The normalized spacial score (nSPS) is 30.7. The number of hydrogen-bond acceptors (Lipinski definition) is 4. The number of likely N-dealkylation sites (N-methyl/N-ethyl adjacent to an activating group) is 1. The molecular weight excluding hydrogens is 192 g/mol. The zero-order valence-corrected chi connectivity index (χ0v) is 8.23. The van der Waals surface area contributed by atoms with Crippen molar-refractivity contribution in [1.29, 1.82) is 0 Å². The van der Waals surface area contributed by atoms with E-state index in [1.807, 2.05) is 0 Å². The lowest BCUT2D eigenvalue weighted by Gasteiger charge is -2.42. The second-order valence-electron chi connectivity index (χ2n) is 3.48. The minimum Gasteiger partial charge on any atom is -0.312 e. The first-order valence-electron chi connectivity index (χ1n) is 4.27. The molecule has 0 saturated carbocycles. The molecule has 1 spiro atoms. The molecule has 2 aliphatic rings. The van der Waals surface area contributed by atoms with Crippen molar-refractivity contribution in [2.24, 2.45) is 0 Å². The average molecular weight is 204 g/mol. The molecule has 2 saturated heterocycles. The van der Waals surface area contributed by atoms with E-state index < -0.39 is 15.6 Å². The highest BCUT2D eigenvalue weighted by molar-refractivity contribution is 7.90. The van der Waals surface area contributed by atoms with Crippen molar-refractivity contribution in [2.75, 3.05) is 25.4 Å². The smallest absolute Gasteiger partial charge is 0.222 e. The Bertz CT molecular complexity index is 345. The molecule has 6 heteroatoms. The van der Waals surface area contributed by atoms with Gasteiger partial charge in [0.2, 0.25) is 10.0 Å². The predicted octanol–water partition coefficient (Wildman–Crippen LogP) is -1.44. The van der Waals surface area contributed by atoms with E-state index >= 15 is 0 Å². The van der Waals surface area contributed by atoms with Crippen LogP contribution in [0, 0.1) is 0 Å². The van der Waals surface area contributed by atoms with Crippen molar-refractivity contribution in [1.82, 2.24) is 9.62 Å². The number of ketones is 1. The minimum absolute atomic E-state index is 0.159. The molecule has 2 heterocycles. The van der Waals surface area contributed by atoms with E-state index in [9.17, 15) is 13.2 Å². The summed E-state index contributed by atoms with van der Waals surface area (Å²) in [5.41, 5.74) is -0.729. The number of sulfonamides is 1. The maximum absolute atomic E-state index is 11.5. The molecule has 0 aromatic heterocycles. The summed E-state index contributed by atoms with van der Waals surface area (Å²) in [5.74, 6) is -0.476. The topological polar surface area (TPSA) is 66.5 Å². The third-order valence-corrected chi connectivity index (χ3v) is 4.67. The first kappa shape index (κ1) is 9.11. The molecule has 2 fully saturated rings. The fraction of sp³-hybridized carbons (Fsp3) is 0.857. The van der Waals surface area contributed by atoms with Gasteiger partial charge in [-0.1, -0.05) is 6.92 Å². The summed E-state index contributed by atoms with van der Waals surface area (Å²) in [6, 6.07) is 0. The van der Waals surface area contributed by atoms with E-state index in [0.29, 0.717) is 19.6 Å². The number of nitrogens with one attached hydrogen (secondary N) is 1. The van der Waals surface area contributed by atoms with Gasteiger partial charge >= 0.3 is 0 Å². The van der Waals surface area contributed by atoms with Crippen molar-refractivity contribution in [3.05, 3.63) is 0 Å². The van der Waals surface area contributed by atoms with Gasteiger partial charge in [-0.2, -0.15) is 4.31 Å². The van der Waals surface area contributed by atoms with Crippen LogP contribution in [-0.4, -0.2) is 49.4 Å². The molecule has 0 atom stereocenters. The number of carbonyl (C=O) groups excluding carboxylic acids is 1. The lowest BCUT2D eigenvalue weighted by molar-refractivity contribution is -0.126. The summed E-state index contributed by atoms with van der Waals surface area (Å²) in [5, 5.41) is 2.95. The predicted molar refractivity (Wildman–Crippen MR) is 46.8 cm³/mol. The lowest BCUT2D eigenvalue weighted by atomic mass is 9.88. The van der Waals surface area contributed by atoms with E-state index in [1.165, 1.54) is 4.31 Å². The largest absolute Gasteiger partial charge is 0.312 e. The van der Waals surface area contributed by atoms with Crippen molar-refractivity contribution in [3.8, 4) is 0 Å². The van der Waals surface area contributed by atoms with Gasteiger partial charge in [0.1, 0.15) is 11.3 Å². The fourth-order valence-electron chi connectivity index (χ4n) is 2.02. The van der Waals surface area contributed by atoms with Crippen LogP contribution in [0.3, 0.4) is 0 Å². The van der Waals surface area contributed by atoms with Crippen molar-refractivity contribution < 1.29 is 13.2 Å². The molecule has 0 amide bonds. The van der Waals surface area contributed by atoms with E-state index in [1.54, 1.807) is 6.92 Å². The third-order valence-electron chi connectivity index (χ3n) is 2.77. The maximum atomic E-state index is 11.5. The van der Waals surface area contributed by atoms with Gasteiger partial charge in [-0.15, -0.1) is 0 Å². The van der Waals surface area contributed by atoms with Crippen molar-refractivity contribution in [3.63, 3.8) is 0 Å². The Kier molecular flexibility index (Phi) is 1.77. The maximum Gasteiger partial charge on any atom is 0.222 e. The van der Waals surface area contributed by atoms with Crippen LogP contribution < -0.4 is 5.32 Å². The van der Waals surface area contributed by atoms with Gasteiger partial charge in [-0.3, -0.25) is 4.79 Å².